The van der Waals surface area contributed by atoms with Gasteiger partial charge < -0.3 is 19.9 Å². The minimum Gasteiger partial charge on any atom is -0.481 e. The molecule has 0 aliphatic rings. The molecule has 0 heterocycles. The molecule has 2 N–H and O–H groups in total. The number of amides is 1. The van der Waals surface area contributed by atoms with Gasteiger partial charge in [0.25, 0.3) is 0 Å². The van der Waals surface area contributed by atoms with Crippen LogP contribution in [-0.4, -0.2) is 35.8 Å². The largest absolute Gasteiger partial charge is 0.481 e. The summed E-state index contributed by atoms with van der Waals surface area (Å²) < 4.78 is 9.79. The molecule has 0 unspecified atom stereocenters. The van der Waals surface area contributed by atoms with Gasteiger partial charge in [0.15, 0.2) is 0 Å². The fourth-order valence-corrected chi connectivity index (χ4v) is 1.66. The van der Waals surface area contributed by atoms with Crippen molar-refractivity contribution in [2.24, 2.45) is 0 Å². The van der Waals surface area contributed by atoms with Crippen molar-refractivity contribution in [1.82, 2.24) is 5.32 Å². The molecule has 1 rings (SSSR count). The van der Waals surface area contributed by atoms with E-state index in [1.165, 1.54) is 0 Å². The number of rotatable bonds is 8. The van der Waals surface area contributed by atoms with E-state index in [2.05, 4.69) is 10.1 Å². The lowest BCUT2D eigenvalue weighted by Crippen LogP contribution is -2.42. The van der Waals surface area contributed by atoms with E-state index in [-0.39, 0.29) is 26.1 Å². The summed E-state index contributed by atoms with van der Waals surface area (Å²) in [4.78, 5) is 34.0. The van der Waals surface area contributed by atoms with Crippen molar-refractivity contribution in [3.63, 3.8) is 0 Å². The van der Waals surface area contributed by atoms with Gasteiger partial charge in [-0.05, 0) is 18.9 Å². The zero-order valence-corrected chi connectivity index (χ0v) is 12.3. The predicted molar refractivity (Wildman–Crippen MR) is 77.1 cm³/mol. The molecule has 120 valence electrons. The quantitative estimate of drug-likeness (QED) is 0.709. The van der Waals surface area contributed by atoms with E-state index in [0.29, 0.717) is 0 Å². The number of hydrogen-bond donors (Lipinski definition) is 2. The fraction of sp³-hybridized carbons (Fsp3) is 0.400. The lowest BCUT2D eigenvalue weighted by atomic mass is 10.1. The second-order valence-corrected chi connectivity index (χ2v) is 4.44. The number of carboxylic acid groups (broad SMARTS) is 1. The zero-order chi connectivity index (χ0) is 16.4. The molecule has 1 atom stereocenters. The van der Waals surface area contributed by atoms with E-state index in [0.717, 1.165) is 5.56 Å². The predicted octanol–water partition coefficient (Wildman–Crippen LogP) is 1.71. The minimum absolute atomic E-state index is 0.0494. The van der Waals surface area contributed by atoms with Crippen LogP contribution in [-0.2, 0) is 25.7 Å². The molecule has 7 nitrogen and oxygen atoms in total. The molecule has 22 heavy (non-hydrogen) atoms. The van der Waals surface area contributed by atoms with E-state index in [9.17, 15) is 14.4 Å². The van der Waals surface area contributed by atoms with Crippen LogP contribution in [0.1, 0.15) is 25.3 Å². The van der Waals surface area contributed by atoms with E-state index >= 15 is 0 Å². The summed E-state index contributed by atoms with van der Waals surface area (Å²) in [6.07, 6.45) is -1.12. The Kier molecular flexibility index (Phi) is 7.45. The molecule has 0 spiro atoms. The summed E-state index contributed by atoms with van der Waals surface area (Å²) >= 11 is 0. The number of nitrogens with one attached hydrogen (secondary N) is 1. The van der Waals surface area contributed by atoms with Crippen LogP contribution in [0.5, 0.6) is 0 Å². The van der Waals surface area contributed by atoms with Crippen molar-refractivity contribution in [3.05, 3.63) is 35.9 Å². The SMILES string of the molecule is CCOC(=O)N[C@H](CCC(=O)O)C(=O)OCc1ccccc1. The average molecular weight is 309 g/mol. The van der Waals surface area contributed by atoms with Gasteiger partial charge in [0, 0.05) is 6.42 Å². The van der Waals surface area contributed by atoms with E-state index in [1.54, 1.807) is 19.1 Å². The van der Waals surface area contributed by atoms with E-state index < -0.39 is 24.1 Å². The van der Waals surface area contributed by atoms with Crippen LogP contribution >= 0.6 is 0 Å². The third-order valence-electron chi connectivity index (χ3n) is 2.72. The van der Waals surface area contributed by atoms with Gasteiger partial charge in [-0.3, -0.25) is 4.79 Å². The Balaban J connectivity index is 2.57. The Morgan fingerprint density at radius 2 is 1.86 bits per heavy atom. The molecule has 0 aromatic heterocycles. The molecule has 0 saturated carbocycles. The normalized spacial score (nSPS) is 11.3. The van der Waals surface area contributed by atoms with E-state index in [1.807, 2.05) is 18.2 Å². The van der Waals surface area contributed by atoms with Gasteiger partial charge in [-0.1, -0.05) is 30.3 Å². The number of hydrogen-bond acceptors (Lipinski definition) is 5. The van der Waals surface area contributed by atoms with Crippen LogP contribution in [0.3, 0.4) is 0 Å². The van der Waals surface area contributed by atoms with Gasteiger partial charge in [0.1, 0.15) is 12.6 Å². The molecule has 7 heteroatoms. The smallest absolute Gasteiger partial charge is 0.407 e. The molecular weight excluding hydrogens is 290 g/mol. The number of carbonyl (C=O) groups excluding carboxylic acids is 2. The average Bonchev–Trinajstić information content (AvgIpc) is 2.50. The number of carbonyl (C=O) groups is 3. The maximum atomic E-state index is 12.0. The summed E-state index contributed by atoms with van der Waals surface area (Å²) in [5.74, 6) is -1.76. The van der Waals surface area contributed by atoms with Gasteiger partial charge in [0.05, 0.1) is 6.61 Å². The highest BCUT2D eigenvalue weighted by atomic mass is 16.6. The van der Waals surface area contributed by atoms with Crippen LogP contribution in [0.15, 0.2) is 30.3 Å². The lowest BCUT2D eigenvalue weighted by molar-refractivity contribution is -0.148. The van der Waals surface area contributed by atoms with Crippen molar-refractivity contribution >= 4 is 18.0 Å². The maximum Gasteiger partial charge on any atom is 0.407 e. The van der Waals surface area contributed by atoms with Gasteiger partial charge in [-0.2, -0.15) is 0 Å². The van der Waals surface area contributed by atoms with Crippen molar-refractivity contribution < 1.29 is 29.0 Å². The summed E-state index contributed by atoms with van der Waals surface area (Å²) in [6, 6.07) is 7.97. The molecule has 1 aromatic rings. The Bertz CT molecular complexity index is 502. The molecule has 0 aliphatic carbocycles. The van der Waals surface area contributed by atoms with Gasteiger partial charge in [0.2, 0.25) is 0 Å². The first-order valence-corrected chi connectivity index (χ1v) is 6.88. The summed E-state index contributed by atoms with van der Waals surface area (Å²) in [6.45, 7) is 1.82. The van der Waals surface area contributed by atoms with Crippen LogP contribution in [0.4, 0.5) is 4.79 Å². The molecule has 0 fully saturated rings. The lowest BCUT2D eigenvalue weighted by Gasteiger charge is -2.16. The van der Waals surface area contributed by atoms with Gasteiger partial charge >= 0.3 is 18.0 Å². The first-order valence-electron chi connectivity index (χ1n) is 6.88. The highest BCUT2D eigenvalue weighted by Gasteiger charge is 2.23. The Morgan fingerprint density at radius 1 is 1.18 bits per heavy atom. The van der Waals surface area contributed by atoms with Crippen LogP contribution in [0, 0.1) is 0 Å². The van der Waals surface area contributed by atoms with Gasteiger partial charge in [-0.15, -0.1) is 0 Å². The Morgan fingerprint density at radius 3 is 2.45 bits per heavy atom. The third-order valence-corrected chi connectivity index (χ3v) is 2.72. The standard InChI is InChI=1S/C15H19NO6/c1-2-21-15(20)16-12(8-9-13(17)18)14(19)22-10-11-6-4-3-5-7-11/h3-7,12H,2,8-10H2,1H3,(H,16,20)(H,17,18)/t12-/m1/s1. The molecule has 0 aliphatic heterocycles. The monoisotopic (exact) mass is 309 g/mol. The Hall–Kier alpha value is -2.57. The highest BCUT2D eigenvalue weighted by molar-refractivity contribution is 5.82. The maximum absolute atomic E-state index is 12.0. The summed E-state index contributed by atoms with van der Waals surface area (Å²) in [5.41, 5.74) is 0.795. The van der Waals surface area contributed by atoms with Crippen LogP contribution in [0.25, 0.3) is 0 Å². The zero-order valence-electron chi connectivity index (χ0n) is 12.3. The topological polar surface area (TPSA) is 102 Å². The van der Waals surface area contributed by atoms with Crippen molar-refractivity contribution in [2.75, 3.05) is 6.61 Å². The van der Waals surface area contributed by atoms with Crippen molar-refractivity contribution in [1.29, 1.82) is 0 Å². The molecule has 0 radical (unpaired) electrons. The number of ether oxygens (including phenoxy) is 2. The van der Waals surface area contributed by atoms with Crippen LogP contribution < -0.4 is 5.32 Å². The first kappa shape index (κ1) is 17.5. The number of alkyl carbamates (subject to hydrolysis) is 1. The highest BCUT2D eigenvalue weighted by Crippen LogP contribution is 2.05. The number of benzene rings is 1. The molecule has 0 bridgehead atoms. The first-order chi connectivity index (χ1) is 10.5. The van der Waals surface area contributed by atoms with Crippen molar-refractivity contribution in [2.45, 2.75) is 32.4 Å². The number of carboxylic acids is 1. The second kappa shape index (κ2) is 9.38. The van der Waals surface area contributed by atoms with Gasteiger partial charge in [-0.25, -0.2) is 9.59 Å². The molecule has 0 saturated heterocycles. The fourth-order valence-electron chi connectivity index (χ4n) is 1.66. The van der Waals surface area contributed by atoms with Crippen LogP contribution in [0.2, 0.25) is 0 Å². The van der Waals surface area contributed by atoms with E-state index in [4.69, 9.17) is 9.84 Å². The third kappa shape index (κ3) is 6.74. The summed E-state index contributed by atoms with van der Waals surface area (Å²) in [7, 11) is 0. The minimum atomic E-state index is -1.06. The molecule has 1 aromatic carbocycles. The molecular formula is C15H19NO6. The molecule has 1 amide bonds. The Labute approximate surface area is 128 Å². The summed E-state index contributed by atoms with van der Waals surface area (Å²) in [5, 5.41) is 11.0. The second-order valence-electron chi connectivity index (χ2n) is 4.44. The number of esters is 1. The number of aliphatic carboxylic acids is 1. The van der Waals surface area contributed by atoms with Crippen molar-refractivity contribution in [3.8, 4) is 0 Å².